The van der Waals surface area contributed by atoms with E-state index in [1.807, 2.05) is 13.8 Å². The Morgan fingerprint density at radius 1 is 1.19 bits per heavy atom. The molecule has 0 saturated heterocycles. The monoisotopic (exact) mass is 246 g/mol. The lowest BCUT2D eigenvalue weighted by Crippen LogP contribution is -2.11. The Kier molecular flexibility index (Phi) is 8.66. The highest BCUT2D eigenvalue weighted by molar-refractivity contribution is 7.55. The van der Waals surface area contributed by atoms with Gasteiger partial charge in [0, 0.05) is 0 Å². The predicted molar refractivity (Wildman–Crippen MR) is 67.6 cm³/mol. The van der Waals surface area contributed by atoms with Gasteiger partial charge in [-0.15, -0.1) is 5.92 Å². The van der Waals surface area contributed by atoms with Gasteiger partial charge in [0.2, 0.25) is 0 Å². The molecule has 0 N–H and O–H groups in total. The van der Waals surface area contributed by atoms with E-state index in [0.717, 1.165) is 19.3 Å². The molecule has 0 aliphatic heterocycles. The molecule has 16 heavy (non-hydrogen) atoms. The highest BCUT2D eigenvalue weighted by atomic mass is 31.2. The number of hydrogen-bond donors (Lipinski definition) is 0. The molecule has 0 saturated carbocycles. The minimum absolute atomic E-state index is 0.280. The van der Waals surface area contributed by atoms with Gasteiger partial charge in [0.05, 0.1) is 13.2 Å². The van der Waals surface area contributed by atoms with Crippen LogP contribution >= 0.6 is 7.60 Å². The molecule has 0 aromatic rings. The van der Waals surface area contributed by atoms with Crippen LogP contribution in [0.15, 0.2) is 0 Å². The van der Waals surface area contributed by atoms with Crippen LogP contribution in [0.25, 0.3) is 0 Å². The van der Waals surface area contributed by atoms with Crippen LogP contribution in [-0.4, -0.2) is 18.9 Å². The van der Waals surface area contributed by atoms with Gasteiger partial charge in [0.25, 0.3) is 0 Å². The maximum atomic E-state index is 12.5. The second-order valence-corrected chi connectivity index (χ2v) is 5.65. The molecule has 0 amide bonds. The van der Waals surface area contributed by atoms with Crippen LogP contribution in [-0.2, 0) is 13.6 Å². The highest BCUT2D eigenvalue weighted by Gasteiger charge is 2.33. The zero-order chi connectivity index (χ0) is 12.4. The molecule has 0 rings (SSSR count). The molecule has 0 radical (unpaired) electrons. The first kappa shape index (κ1) is 15.7. The maximum Gasteiger partial charge on any atom is 0.345 e. The summed E-state index contributed by atoms with van der Waals surface area (Å²) in [6.07, 6.45) is 2.82. The fourth-order valence-electron chi connectivity index (χ4n) is 1.45. The smallest absolute Gasteiger partial charge is 0.308 e. The van der Waals surface area contributed by atoms with E-state index in [4.69, 9.17) is 9.05 Å². The van der Waals surface area contributed by atoms with E-state index in [9.17, 15) is 4.57 Å². The van der Waals surface area contributed by atoms with Gasteiger partial charge in [-0.2, -0.15) is 0 Å². The Morgan fingerprint density at radius 2 is 1.75 bits per heavy atom. The third kappa shape index (κ3) is 5.16. The Morgan fingerprint density at radius 3 is 2.12 bits per heavy atom. The standard InChI is InChI=1S/C12H23O3P/c1-5-9-11-12(10-6-2)16(13,14-7-3)15-8-4/h12H,5,7-9,11H2,1-4H3/t12-/m1/s1. The maximum absolute atomic E-state index is 12.5. The molecular weight excluding hydrogens is 223 g/mol. The Hall–Kier alpha value is -0.290. The molecule has 0 aromatic heterocycles. The average Bonchev–Trinajstić information content (AvgIpc) is 2.24. The van der Waals surface area contributed by atoms with Gasteiger partial charge in [-0.3, -0.25) is 4.57 Å². The van der Waals surface area contributed by atoms with Gasteiger partial charge in [-0.05, 0) is 27.2 Å². The van der Waals surface area contributed by atoms with Crippen molar-refractivity contribution in [3.8, 4) is 11.8 Å². The predicted octanol–water partition coefficient (Wildman–Crippen LogP) is 3.83. The van der Waals surface area contributed by atoms with E-state index in [1.165, 1.54) is 0 Å². The zero-order valence-corrected chi connectivity index (χ0v) is 11.7. The Labute approximate surface area is 99.4 Å². The van der Waals surface area contributed by atoms with Crippen molar-refractivity contribution in [1.82, 2.24) is 0 Å². The minimum atomic E-state index is -3.05. The fraction of sp³-hybridized carbons (Fsp3) is 0.833. The van der Waals surface area contributed by atoms with Crippen LogP contribution in [0, 0.1) is 11.8 Å². The van der Waals surface area contributed by atoms with Crippen molar-refractivity contribution in [2.24, 2.45) is 0 Å². The van der Waals surface area contributed by atoms with Crippen molar-refractivity contribution in [2.75, 3.05) is 13.2 Å². The van der Waals surface area contributed by atoms with Crippen molar-refractivity contribution < 1.29 is 13.6 Å². The lowest BCUT2D eigenvalue weighted by molar-refractivity contribution is 0.215. The molecule has 0 bridgehead atoms. The molecule has 4 heteroatoms. The van der Waals surface area contributed by atoms with E-state index >= 15 is 0 Å². The summed E-state index contributed by atoms with van der Waals surface area (Å²) in [5.41, 5.74) is -0.280. The number of unbranched alkanes of at least 4 members (excludes halogenated alkanes) is 1. The second-order valence-electron chi connectivity index (χ2n) is 3.43. The molecule has 0 heterocycles. The molecule has 0 aromatic carbocycles. The lowest BCUT2D eigenvalue weighted by Gasteiger charge is -2.22. The van der Waals surface area contributed by atoms with Crippen molar-refractivity contribution in [3.05, 3.63) is 0 Å². The van der Waals surface area contributed by atoms with Gasteiger partial charge in [0.15, 0.2) is 0 Å². The number of hydrogen-bond acceptors (Lipinski definition) is 3. The molecule has 3 nitrogen and oxygen atoms in total. The van der Waals surface area contributed by atoms with Crippen LogP contribution in [0.1, 0.15) is 47.0 Å². The molecule has 0 fully saturated rings. The molecule has 0 aliphatic carbocycles. The summed E-state index contributed by atoms with van der Waals surface area (Å²) in [5, 5.41) is 0. The van der Waals surface area contributed by atoms with Crippen molar-refractivity contribution in [2.45, 2.75) is 52.6 Å². The first-order valence-corrected chi connectivity index (χ1v) is 7.56. The lowest BCUT2D eigenvalue weighted by atomic mass is 10.2. The first-order valence-electron chi connectivity index (χ1n) is 5.95. The van der Waals surface area contributed by atoms with Gasteiger partial charge >= 0.3 is 7.60 Å². The summed E-state index contributed by atoms with van der Waals surface area (Å²) in [6.45, 7) is 8.28. The van der Waals surface area contributed by atoms with Gasteiger partial charge < -0.3 is 9.05 Å². The molecule has 0 spiro atoms. The molecule has 0 unspecified atom stereocenters. The quantitative estimate of drug-likeness (QED) is 0.482. The molecule has 1 atom stereocenters. The van der Waals surface area contributed by atoms with Gasteiger partial charge in [-0.25, -0.2) is 0 Å². The van der Waals surface area contributed by atoms with E-state index in [1.54, 1.807) is 6.92 Å². The Balaban J connectivity index is 4.76. The molecule has 94 valence electrons. The molecule has 0 aliphatic rings. The average molecular weight is 246 g/mol. The first-order chi connectivity index (χ1) is 7.64. The second kappa shape index (κ2) is 8.82. The van der Waals surface area contributed by atoms with Crippen molar-refractivity contribution in [3.63, 3.8) is 0 Å². The molecular formula is C12H23O3P. The normalized spacial score (nSPS) is 13.0. The summed E-state index contributed by atoms with van der Waals surface area (Å²) in [7, 11) is -3.05. The van der Waals surface area contributed by atoms with Crippen LogP contribution < -0.4 is 0 Å². The van der Waals surface area contributed by atoms with E-state index < -0.39 is 7.60 Å². The fourth-order valence-corrected chi connectivity index (χ4v) is 3.39. The van der Waals surface area contributed by atoms with Crippen LogP contribution in [0.5, 0.6) is 0 Å². The van der Waals surface area contributed by atoms with Crippen LogP contribution in [0.4, 0.5) is 0 Å². The summed E-state index contributed by atoms with van der Waals surface area (Å²) >= 11 is 0. The SMILES string of the molecule is CC#C[C@H](CCCC)P(=O)(OCC)OCC. The largest absolute Gasteiger partial charge is 0.345 e. The topological polar surface area (TPSA) is 35.5 Å². The van der Waals surface area contributed by atoms with E-state index in [0.29, 0.717) is 13.2 Å². The third-order valence-electron chi connectivity index (χ3n) is 2.14. The van der Waals surface area contributed by atoms with Crippen molar-refractivity contribution in [1.29, 1.82) is 0 Å². The van der Waals surface area contributed by atoms with E-state index in [2.05, 4.69) is 18.8 Å². The van der Waals surface area contributed by atoms with Crippen molar-refractivity contribution >= 4 is 7.60 Å². The summed E-state index contributed by atoms with van der Waals surface area (Å²) in [6, 6.07) is 0. The summed E-state index contributed by atoms with van der Waals surface area (Å²) in [5.74, 6) is 5.78. The summed E-state index contributed by atoms with van der Waals surface area (Å²) < 4.78 is 23.1. The highest BCUT2D eigenvalue weighted by Crippen LogP contribution is 2.54. The van der Waals surface area contributed by atoms with Crippen LogP contribution in [0.2, 0.25) is 0 Å². The number of rotatable bonds is 8. The van der Waals surface area contributed by atoms with Crippen LogP contribution in [0.3, 0.4) is 0 Å². The van der Waals surface area contributed by atoms with E-state index in [-0.39, 0.29) is 5.66 Å². The summed E-state index contributed by atoms with van der Waals surface area (Å²) in [4.78, 5) is 0. The van der Waals surface area contributed by atoms with Gasteiger partial charge in [0.1, 0.15) is 5.66 Å². The minimum Gasteiger partial charge on any atom is -0.308 e. The zero-order valence-electron chi connectivity index (χ0n) is 10.8. The van der Waals surface area contributed by atoms with Gasteiger partial charge in [-0.1, -0.05) is 25.7 Å². The third-order valence-corrected chi connectivity index (χ3v) is 4.53. The Bertz CT molecular complexity index is 268.